The second-order valence-electron chi connectivity index (χ2n) is 6.38. The molecule has 1 aromatic rings. The Balaban J connectivity index is 1.89. The maximum atomic E-state index is 12.6. The van der Waals surface area contributed by atoms with E-state index in [1.54, 1.807) is 14.1 Å². The normalized spacial score (nSPS) is 16.0. The van der Waals surface area contributed by atoms with Gasteiger partial charge in [-0.15, -0.1) is 11.3 Å². The monoisotopic (exact) mass is 391 g/mol. The average molecular weight is 391 g/mol. The second-order valence-corrected chi connectivity index (χ2v) is 7.32. The smallest absolute Gasteiger partial charge is 0.356 e. The van der Waals surface area contributed by atoms with Gasteiger partial charge >= 0.3 is 6.18 Å². The van der Waals surface area contributed by atoms with Crippen LogP contribution in [-0.2, 0) is 17.4 Å². The van der Waals surface area contributed by atoms with Crippen molar-refractivity contribution < 1.29 is 18.0 Å². The van der Waals surface area contributed by atoms with Crippen molar-refractivity contribution >= 4 is 23.2 Å². The number of hydrogen-bond donors (Lipinski definition) is 2. The lowest BCUT2D eigenvalue weighted by Gasteiger charge is -2.17. The standard InChI is InChI=1S/C16H24F3N5OS/c1-24(2)14(25)9-21-15(22-11-5-3-4-6-11)20-8-7-13-23-12(10-26-13)16(17,18)19/h10-11H,3-9H2,1-2H3,(H2,20,21,22). The van der Waals surface area contributed by atoms with E-state index in [4.69, 9.17) is 0 Å². The zero-order chi connectivity index (χ0) is 19.2. The fourth-order valence-corrected chi connectivity index (χ4v) is 3.35. The van der Waals surface area contributed by atoms with E-state index in [2.05, 4.69) is 20.6 Å². The number of aromatic nitrogens is 1. The average Bonchev–Trinajstić information content (AvgIpc) is 3.23. The molecule has 1 fully saturated rings. The molecule has 0 aliphatic heterocycles. The highest BCUT2D eigenvalue weighted by molar-refractivity contribution is 7.09. The van der Waals surface area contributed by atoms with Crippen molar-refractivity contribution in [3.63, 3.8) is 0 Å². The van der Waals surface area contributed by atoms with Gasteiger partial charge in [-0.1, -0.05) is 12.8 Å². The van der Waals surface area contributed by atoms with E-state index in [0.29, 0.717) is 30.0 Å². The fraction of sp³-hybridized carbons (Fsp3) is 0.688. The topological polar surface area (TPSA) is 69.6 Å². The van der Waals surface area contributed by atoms with Gasteiger partial charge in [-0.2, -0.15) is 13.2 Å². The number of aliphatic imine (C=N–C) groups is 1. The molecule has 10 heteroatoms. The predicted molar refractivity (Wildman–Crippen MR) is 95.2 cm³/mol. The molecule has 146 valence electrons. The summed E-state index contributed by atoms with van der Waals surface area (Å²) in [6.45, 7) is 0.407. The zero-order valence-corrected chi connectivity index (χ0v) is 15.7. The third-order valence-electron chi connectivity index (χ3n) is 4.04. The first-order valence-corrected chi connectivity index (χ1v) is 9.40. The molecule has 0 atom stereocenters. The van der Waals surface area contributed by atoms with Crippen LogP contribution in [0.3, 0.4) is 0 Å². The first kappa shape index (κ1) is 20.5. The Morgan fingerprint density at radius 1 is 1.38 bits per heavy atom. The molecule has 2 N–H and O–H groups in total. The number of alkyl halides is 3. The minimum atomic E-state index is -4.41. The number of hydrogen-bond acceptors (Lipinski definition) is 4. The number of nitrogens with one attached hydrogen (secondary N) is 2. The molecule has 1 amide bonds. The van der Waals surface area contributed by atoms with E-state index in [9.17, 15) is 18.0 Å². The minimum absolute atomic E-state index is 0.0184. The lowest BCUT2D eigenvalue weighted by molar-refractivity contribution is -0.140. The van der Waals surface area contributed by atoms with Crippen LogP contribution in [0.1, 0.15) is 36.4 Å². The summed E-state index contributed by atoms with van der Waals surface area (Å²) in [5, 5.41) is 7.82. The van der Waals surface area contributed by atoms with Crippen LogP contribution in [0.4, 0.5) is 13.2 Å². The Morgan fingerprint density at radius 3 is 2.65 bits per heavy atom. The molecular formula is C16H24F3N5OS. The number of halogens is 3. The van der Waals surface area contributed by atoms with Crippen LogP contribution in [0.25, 0.3) is 0 Å². The highest BCUT2D eigenvalue weighted by Gasteiger charge is 2.33. The quantitative estimate of drug-likeness (QED) is 0.577. The summed E-state index contributed by atoms with van der Waals surface area (Å²) in [6.07, 6.45) is 0.342. The maximum absolute atomic E-state index is 12.6. The molecule has 1 aliphatic carbocycles. The SMILES string of the molecule is CN(C)C(=O)CN=C(NCCc1nc(C(F)(F)F)cs1)NC1CCCC1. The molecule has 1 aliphatic rings. The highest BCUT2D eigenvalue weighted by atomic mass is 32.1. The summed E-state index contributed by atoms with van der Waals surface area (Å²) < 4.78 is 37.8. The number of rotatable bonds is 6. The van der Waals surface area contributed by atoms with Crippen molar-refractivity contribution in [2.75, 3.05) is 27.2 Å². The van der Waals surface area contributed by atoms with Crippen LogP contribution in [0.5, 0.6) is 0 Å². The van der Waals surface area contributed by atoms with Crippen LogP contribution in [0.15, 0.2) is 10.4 Å². The molecule has 1 saturated carbocycles. The highest BCUT2D eigenvalue weighted by Crippen LogP contribution is 2.30. The lowest BCUT2D eigenvalue weighted by atomic mass is 10.2. The maximum Gasteiger partial charge on any atom is 0.434 e. The van der Waals surface area contributed by atoms with Crippen LogP contribution in [0.2, 0.25) is 0 Å². The number of amides is 1. The Kier molecular flexibility index (Phi) is 7.24. The Morgan fingerprint density at radius 2 is 2.08 bits per heavy atom. The molecule has 0 saturated heterocycles. The predicted octanol–water partition coefficient (Wildman–Crippen LogP) is 2.27. The van der Waals surface area contributed by atoms with E-state index < -0.39 is 11.9 Å². The molecule has 26 heavy (non-hydrogen) atoms. The van der Waals surface area contributed by atoms with Crippen molar-refractivity contribution in [1.29, 1.82) is 0 Å². The van der Waals surface area contributed by atoms with Gasteiger partial charge in [-0.05, 0) is 12.8 Å². The summed E-state index contributed by atoms with van der Waals surface area (Å²) in [4.78, 5) is 21.1. The summed E-state index contributed by atoms with van der Waals surface area (Å²) in [5.74, 6) is 0.395. The van der Waals surface area contributed by atoms with Crippen LogP contribution < -0.4 is 10.6 Å². The summed E-state index contributed by atoms with van der Waals surface area (Å²) in [6, 6.07) is 0.312. The Labute approximate surface area is 154 Å². The van der Waals surface area contributed by atoms with Crippen LogP contribution >= 0.6 is 11.3 Å². The molecule has 0 spiro atoms. The van der Waals surface area contributed by atoms with E-state index >= 15 is 0 Å². The number of thiazole rings is 1. The number of nitrogens with zero attached hydrogens (tertiary/aromatic N) is 3. The van der Waals surface area contributed by atoms with Gasteiger partial charge in [0.05, 0.1) is 5.01 Å². The molecule has 6 nitrogen and oxygen atoms in total. The van der Waals surface area contributed by atoms with Gasteiger partial charge in [0, 0.05) is 38.5 Å². The largest absolute Gasteiger partial charge is 0.434 e. The second kappa shape index (κ2) is 9.20. The van der Waals surface area contributed by atoms with Crippen molar-refractivity contribution in [2.24, 2.45) is 4.99 Å². The third-order valence-corrected chi connectivity index (χ3v) is 4.95. The van der Waals surface area contributed by atoms with Crippen molar-refractivity contribution in [3.8, 4) is 0 Å². The van der Waals surface area contributed by atoms with Gasteiger partial charge < -0.3 is 15.5 Å². The third kappa shape index (κ3) is 6.47. The molecular weight excluding hydrogens is 367 g/mol. The van der Waals surface area contributed by atoms with E-state index in [1.807, 2.05) is 0 Å². The molecule has 0 radical (unpaired) electrons. The van der Waals surface area contributed by atoms with Gasteiger partial charge in [0.1, 0.15) is 6.54 Å². The van der Waals surface area contributed by atoms with E-state index in [1.165, 1.54) is 4.90 Å². The summed E-state index contributed by atoms with van der Waals surface area (Å²) >= 11 is 0.991. The van der Waals surface area contributed by atoms with Crippen molar-refractivity contribution in [1.82, 2.24) is 20.5 Å². The van der Waals surface area contributed by atoms with Crippen molar-refractivity contribution in [3.05, 3.63) is 16.1 Å². The molecule has 0 bridgehead atoms. The van der Waals surface area contributed by atoms with Gasteiger partial charge in [-0.25, -0.2) is 9.98 Å². The van der Waals surface area contributed by atoms with E-state index in [-0.39, 0.29) is 12.5 Å². The zero-order valence-electron chi connectivity index (χ0n) is 14.9. The number of guanidine groups is 1. The van der Waals surface area contributed by atoms with Gasteiger partial charge in [0.25, 0.3) is 0 Å². The van der Waals surface area contributed by atoms with E-state index in [0.717, 1.165) is 42.4 Å². The number of carbonyl (C=O) groups excluding carboxylic acids is 1. The minimum Gasteiger partial charge on any atom is -0.356 e. The summed E-state index contributed by atoms with van der Waals surface area (Å²) in [5.41, 5.74) is -0.855. The number of carbonyl (C=O) groups is 1. The van der Waals surface area contributed by atoms with Gasteiger partial charge in [-0.3, -0.25) is 4.79 Å². The number of likely N-dealkylation sites (N-methyl/N-ethyl adjacent to an activating group) is 1. The Hall–Kier alpha value is -1.84. The van der Waals surface area contributed by atoms with Crippen LogP contribution in [0, 0.1) is 0 Å². The molecule has 2 rings (SSSR count). The first-order chi connectivity index (χ1) is 12.3. The Bertz CT molecular complexity index is 624. The molecule has 1 heterocycles. The lowest BCUT2D eigenvalue weighted by Crippen LogP contribution is -2.43. The first-order valence-electron chi connectivity index (χ1n) is 8.52. The van der Waals surface area contributed by atoms with Crippen molar-refractivity contribution in [2.45, 2.75) is 44.3 Å². The van der Waals surface area contributed by atoms with Gasteiger partial charge in [0.15, 0.2) is 11.7 Å². The molecule has 0 aromatic carbocycles. The molecule has 1 aromatic heterocycles. The fourth-order valence-electron chi connectivity index (χ4n) is 2.55. The van der Waals surface area contributed by atoms with Gasteiger partial charge in [0.2, 0.25) is 5.91 Å². The summed E-state index contributed by atoms with van der Waals surface area (Å²) in [7, 11) is 3.33. The molecule has 0 unspecified atom stereocenters. The van der Waals surface area contributed by atoms with Crippen LogP contribution in [-0.4, -0.2) is 55.0 Å².